The Morgan fingerprint density at radius 3 is 2.55 bits per heavy atom. The summed E-state index contributed by atoms with van der Waals surface area (Å²) in [6.45, 7) is 5.22. The average molecular weight is 280 g/mol. The first kappa shape index (κ1) is 14.6. The second-order valence-corrected chi connectivity index (χ2v) is 5.63. The molecule has 1 atom stereocenters. The van der Waals surface area contributed by atoms with Crippen LogP contribution < -0.4 is 5.32 Å². The average Bonchev–Trinajstić information content (AvgIpc) is 3.16. The Morgan fingerprint density at radius 1 is 1.45 bits per heavy atom. The summed E-state index contributed by atoms with van der Waals surface area (Å²) in [6.07, 6.45) is 2.45. The molecule has 1 amide bonds. The lowest BCUT2D eigenvalue weighted by Crippen LogP contribution is -2.54. The summed E-state index contributed by atoms with van der Waals surface area (Å²) in [5, 5.41) is 15.8. The summed E-state index contributed by atoms with van der Waals surface area (Å²) in [5.74, 6) is -0.464. The lowest BCUT2D eigenvalue weighted by Gasteiger charge is -2.26. The number of hydrogen-bond acceptors (Lipinski definition) is 4. The van der Waals surface area contributed by atoms with Gasteiger partial charge in [0.25, 0.3) is 0 Å². The van der Waals surface area contributed by atoms with Crippen molar-refractivity contribution < 1.29 is 19.2 Å². The van der Waals surface area contributed by atoms with Crippen LogP contribution in [0.1, 0.15) is 43.2 Å². The third-order valence-electron chi connectivity index (χ3n) is 4.02. The largest absolute Gasteiger partial charge is 0.480 e. The summed E-state index contributed by atoms with van der Waals surface area (Å²) in [5.41, 5.74) is 0.553. The summed E-state index contributed by atoms with van der Waals surface area (Å²) in [6, 6.07) is 0. The van der Waals surface area contributed by atoms with Crippen LogP contribution in [0.3, 0.4) is 0 Å². The van der Waals surface area contributed by atoms with E-state index in [0.29, 0.717) is 12.2 Å². The molecule has 2 N–H and O–H groups in total. The summed E-state index contributed by atoms with van der Waals surface area (Å²) in [7, 11) is 0. The summed E-state index contributed by atoms with van der Waals surface area (Å²) < 4.78 is 5.04. The van der Waals surface area contributed by atoms with E-state index in [2.05, 4.69) is 10.5 Å². The van der Waals surface area contributed by atoms with Gasteiger partial charge in [0.15, 0.2) is 0 Å². The molecule has 20 heavy (non-hydrogen) atoms. The van der Waals surface area contributed by atoms with E-state index in [1.54, 1.807) is 13.8 Å². The minimum absolute atomic E-state index is 0.0445. The van der Waals surface area contributed by atoms with Crippen LogP contribution in [0.5, 0.6) is 0 Å². The Kier molecular flexibility index (Phi) is 3.83. The van der Waals surface area contributed by atoms with Crippen LogP contribution in [0, 0.1) is 19.8 Å². The van der Waals surface area contributed by atoms with Gasteiger partial charge in [-0.1, -0.05) is 5.16 Å². The van der Waals surface area contributed by atoms with E-state index in [1.165, 1.54) is 0 Å². The van der Waals surface area contributed by atoms with E-state index in [9.17, 15) is 14.7 Å². The highest BCUT2D eigenvalue weighted by molar-refractivity contribution is 5.87. The van der Waals surface area contributed by atoms with Gasteiger partial charge in [-0.3, -0.25) is 4.79 Å². The molecule has 1 saturated carbocycles. The van der Waals surface area contributed by atoms with Crippen molar-refractivity contribution in [1.82, 2.24) is 10.5 Å². The molecule has 1 aliphatic carbocycles. The molecule has 0 bridgehead atoms. The van der Waals surface area contributed by atoms with Crippen molar-refractivity contribution in [2.24, 2.45) is 5.92 Å². The second-order valence-electron chi connectivity index (χ2n) is 5.63. The summed E-state index contributed by atoms with van der Waals surface area (Å²) >= 11 is 0. The molecule has 1 fully saturated rings. The number of aliphatic carboxylic acids is 1. The van der Waals surface area contributed by atoms with Crippen molar-refractivity contribution in [2.45, 2.75) is 52.0 Å². The van der Waals surface area contributed by atoms with Gasteiger partial charge in [-0.2, -0.15) is 0 Å². The Hall–Kier alpha value is -1.85. The minimum Gasteiger partial charge on any atom is -0.480 e. The number of carboxylic acids is 1. The molecule has 110 valence electrons. The molecule has 0 aliphatic heterocycles. The van der Waals surface area contributed by atoms with Crippen LogP contribution in [-0.2, 0) is 16.0 Å². The number of carbonyl (C=O) groups excluding carboxylic acids is 1. The van der Waals surface area contributed by atoms with Gasteiger partial charge in [-0.05, 0) is 46.0 Å². The highest BCUT2D eigenvalue weighted by Crippen LogP contribution is 2.39. The van der Waals surface area contributed by atoms with Crippen LogP contribution in [0.4, 0.5) is 0 Å². The fourth-order valence-electron chi connectivity index (χ4n) is 2.44. The minimum atomic E-state index is -1.14. The van der Waals surface area contributed by atoms with Crippen LogP contribution in [-0.4, -0.2) is 27.7 Å². The number of hydrogen-bond donors (Lipinski definition) is 2. The van der Waals surface area contributed by atoms with Gasteiger partial charge in [0.2, 0.25) is 5.91 Å². The molecule has 0 spiro atoms. The molecule has 1 heterocycles. The SMILES string of the molecule is Cc1noc(C)c1CCC(=O)NC(C)(C(=O)O)C1CC1. The molecule has 0 aromatic carbocycles. The third-order valence-corrected chi connectivity index (χ3v) is 4.02. The van der Waals surface area contributed by atoms with Crippen molar-refractivity contribution in [3.63, 3.8) is 0 Å². The second kappa shape index (κ2) is 5.26. The van der Waals surface area contributed by atoms with E-state index in [-0.39, 0.29) is 18.2 Å². The number of amides is 1. The van der Waals surface area contributed by atoms with Crippen LogP contribution >= 0.6 is 0 Å². The Morgan fingerprint density at radius 2 is 2.10 bits per heavy atom. The topological polar surface area (TPSA) is 92.4 Å². The van der Waals surface area contributed by atoms with Gasteiger partial charge in [-0.15, -0.1) is 0 Å². The van der Waals surface area contributed by atoms with E-state index >= 15 is 0 Å². The number of rotatable bonds is 6. The normalized spacial score (nSPS) is 17.6. The lowest BCUT2D eigenvalue weighted by molar-refractivity contribution is -0.147. The van der Waals surface area contributed by atoms with Crippen molar-refractivity contribution in [3.05, 3.63) is 17.0 Å². The molecule has 1 aromatic rings. The van der Waals surface area contributed by atoms with Crippen molar-refractivity contribution in [2.75, 3.05) is 0 Å². The quantitative estimate of drug-likeness (QED) is 0.825. The van der Waals surface area contributed by atoms with E-state index in [1.807, 2.05) is 6.92 Å². The molecule has 0 radical (unpaired) electrons. The number of nitrogens with one attached hydrogen (secondary N) is 1. The zero-order chi connectivity index (χ0) is 14.9. The zero-order valence-electron chi connectivity index (χ0n) is 12.0. The first-order valence-corrected chi connectivity index (χ1v) is 6.80. The molecule has 1 aromatic heterocycles. The number of carboxylic acid groups (broad SMARTS) is 1. The maximum Gasteiger partial charge on any atom is 0.329 e. The standard InChI is InChI=1S/C14H20N2O4/c1-8-11(9(2)20-16-8)6-7-12(17)15-14(3,13(18)19)10-4-5-10/h10H,4-7H2,1-3H3,(H,15,17)(H,18,19). The molecular weight excluding hydrogens is 260 g/mol. The Balaban J connectivity index is 1.94. The van der Waals surface area contributed by atoms with Gasteiger partial charge in [0.1, 0.15) is 11.3 Å². The fourth-order valence-corrected chi connectivity index (χ4v) is 2.44. The van der Waals surface area contributed by atoms with Gasteiger partial charge >= 0.3 is 5.97 Å². The summed E-state index contributed by atoms with van der Waals surface area (Å²) in [4.78, 5) is 23.3. The monoisotopic (exact) mass is 280 g/mol. The highest BCUT2D eigenvalue weighted by Gasteiger charge is 2.48. The van der Waals surface area contributed by atoms with Crippen LogP contribution in [0.2, 0.25) is 0 Å². The van der Waals surface area contributed by atoms with Gasteiger partial charge in [0, 0.05) is 12.0 Å². The van der Waals surface area contributed by atoms with Crippen LogP contribution in [0.15, 0.2) is 4.52 Å². The Labute approximate surface area is 117 Å². The molecule has 1 aliphatic rings. The van der Waals surface area contributed by atoms with Crippen molar-refractivity contribution >= 4 is 11.9 Å². The first-order valence-electron chi connectivity index (χ1n) is 6.80. The maximum atomic E-state index is 12.0. The smallest absolute Gasteiger partial charge is 0.329 e. The first-order chi connectivity index (χ1) is 9.34. The van der Waals surface area contributed by atoms with E-state index in [0.717, 1.165) is 24.1 Å². The lowest BCUT2D eigenvalue weighted by atomic mass is 9.95. The van der Waals surface area contributed by atoms with Gasteiger partial charge < -0.3 is 14.9 Å². The van der Waals surface area contributed by atoms with Crippen molar-refractivity contribution in [1.29, 1.82) is 0 Å². The number of carbonyl (C=O) groups is 2. The molecule has 6 heteroatoms. The zero-order valence-corrected chi connectivity index (χ0v) is 12.0. The molecule has 1 unspecified atom stereocenters. The van der Waals surface area contributed by atoms with Gasteiger partial charge in [-0.25, -0.2) is 4.79 Å². The number of aromatic nitrogens is 1. The van der Waals surface area contributed by atoms with Crippen molar-refractivity contribution in [3.8, 4) is 0 Å². The fraction of sp³-hybridized carbons (Fsp3) is 0.643. The predicted octanol–water partition coefficient (Wildman–Crippen LogP) is 1.59. The third kappa shape index (κ3) is 2.84. The highest BCUT2D eigenvalue weighted by atomic mass is 16.5. The molecular formula is C14H20N2O4. The number of nitrogens with zero attached hydrogens (tertiary/aromatic N) is 1. The van der Waals surface area contributed by atoms with E-state index in [4.69, 9.17) is 4.52 Å². The Bertz CT molecular complexity index is 514. The predicted molar refractivity (Wildman–Crippen MR) is 71.2 cm³/mol. The molecule has 0 saturated heterocycles. The number of aryl methyl sites for hydroxylation is 2. The molecule has 6 nitrogen and oxygen atoms in total. The maximum absolute atomic E-state index is 12.0. The van der Waals surface area contributed by atoms with Gasteiger partial charge in [0.05, 0.1) is 5.69 Å². The van der Waals surface area contributed by atoms with Crippen LogP contribution in [0.25, 0.3) is 0 Å². The molecule has 2 rings (SSSR count). The van der Waals surface area contributed by atoms with E-state index < -0.39 is 11.5 Å².